The molecule has 2 aliphatic rings. The standard InChI is InChI=1S/C15H23N3O4/c19-13-4-2-11(3-5-13)9-18-10-12(16-17-18)8-15(14(20)21)6-1-7-22-15/h10-11,13,19H,1-9H2,(H,20,21). The van der Waals surface area contributed by atoms with Gasteiger partial charge in [0.25, 0.3) is 0 Å². The minimum absolute atomic E-state index is 0.155. The van der Waals surface area contributed by atoms with Gasteiger partial charge in [-0.25, -0.2) is 4.79 Å². The van der Waals surface area contributed by atoms with Gasteiger partial charge in [0.15, 0.2) is 5.60 Å². The van der Waals surface area contributed by atoms with Crippen molar-refractivity contribution in [2.75, 3.05) is 6.61 Å². The average Bonchev–Trinajstić information content (AvgIpc) is 3.12. The third-order valence-electron chi connectivity index (χ3n) is 4.81. The van der Waals surface area contributed by atoms with Crippen molar-refractivity contribution in [1.82, 2.24) is 15.0 Å². The largest absolute Gasteiger partial charge is 0.479 e. The topological polar surface area (TPSA) is 97.5 Å². The summed E-state index contributed by atoms with van der Waals surface area (Å²) in [6.45, 7) is 1.27. The molecule has 1 saturated carbocycles. The summed E-state index contributed by atoms with van der Waals surface area (Å²) in [5, 5.41) is 27.2. The van der Waals surface area contributed by atoms with Crippen LogP contribution in [0, 0.1) is 5.92 Å². The van der Waals surface area contributed by atoms with Gasteiger partial charge in [0.2, 0.25) is 0 Å². The number of aliphatic hydroxyl groups excluding tert-OH is 1. The van der Waals surface area contributed by atoms with Crippen molar-refractivity contribution in [3.05, 3.63) is 11.9 Å². The molecule has 3 rings (SSSR count). The van der Waals surface area contributed by atoms with E-state index in [9.17, 15) is 15.0 Å². The SMILES string of the molecule is O=C(O)C1(Cc2cn(CC3CCC(O)CC3)nn2)CCCO1. The minimum atomic E-state index is -1.13. The fourth-order valence-corrected chi connectivity index (χ4v) is 3.47. The highest BCUT2D eigenvalue weighted by Gasteiger charge is 2.43. The van der Waals surface area contributed by atoms with E-state index < -0.39 is 11.6 Å². The number of nitrogens with zero attached hydrogens (tertiary/aromatic N) is 3. The van der Waals surface area contributed by atoms with Gasteiger partial charge in [0, 0.05) is 25.8 Å². The fraction of sp³-hybridized carbons (Fsp3) is 0.800. The van der Waals surface area contributed by atoms with Crippen LogP contribution in [0.3, 0.4) is 0 Å². The summed E-state index contributed by atoms with van der Waals surface area (Å²) in [7, 11) is 0. The van der Waals surface area contributed by atoms with Crippen LogP contribution in [0.2, 0.25) is 0 Å². The molecule has 0 bridgehead atoms. The first kappa shape index (κ1) is 15.4. The summed E-state index contributed by atoms with van der Waals surface area (Å²) in [5.74, 6) is -0.407. The molecule has 2 fully saturated rings. The van der Waals surface area contributed by atoms with Gasteiger partial charge in [0.1, 0.15) is 0 Å². The summed E-state index contributed by atoms with van der Waals surface area (Å²) in [5.41, 5.74) is -0.462. The molecule has 122 valence electrons. The molecule has 1 saturated heterocycles. The molecule has 2 N–H and O–H groups in total. The maximum absolute atomic E-state index is 11.5. The first-order valence-electron chi connectivity index (χ1n) is 8.02. The Morgan fingerprint density at radius 2 is 2.18 bits per heavy atom. The summed E-state index contributed by atoms with van der Waals surface area (Å²) in [4.78, 5) is 11.5. The Kier molecular flexibility index (Phi) is 4.44. The third-order valence-corrected chi connectivity index (χ3v) is 4.81. The molecule has 0 amide bonds. The van der Waals surface area contributed by atoms with E-state index >= 15 is 0 Å². The normalized spacial score (nSPS) is 32.2. The van der Waals surface area contributed by atoms with Gasteiger partial charge in [-0.15, -0.1) is 5.10 Å². The molecule has 2 heterocycles. The Hall–Kier alpha value is -1.47. The predicted octanol–water partition coefficient (Wildman–Crippen LogP) is 1.01. The van der Waals surface area contributed by atoms with Gasteiger partial charge in [-0.2, -0.15) is 0 Å². The molecule has 1 aromatic rings. The van der Waals surface area contributed by atoms with E-state index in [0.29, 0.717) is 24.6 Å². The van der Waals surface area contributed by atoms with E-state index in [-0.39, 0.29) is 12.5 Å². The summed E-state index contributed by atoms with van der Waals surface area (Å²) in [6, 6.07) is 0. The van der Waals surface area contributed by atoms with Crippen LogP contribution in [-0.4, -0.2) is 49.5 Å². The zero-order chi connectivity index (χ0) is 15.6. The lowest BCUT2D eigenvalue weighted by Gasteiger charge is -2.24. The molecular weight excluding hydrogens is 286 g/mol. The molecule has 22 heavy (non-hydrogen) atoms. The van der Waals surface area contributed by atoms with Crippen LogP contribution in [0.25, 0.3) is 0 Å². The fourth-order valence-electron chi connectivity index (χ4n) is 3.47. The van der Waals surface area contributed by atoms with Crippen molar-refractivity contribution >= 4 is 5.97 Å². The van der Waals surface area contributed by atoms with Crippen molar-refractivity contribution in [1.29, 1.82) is 0 Å². The Morgan fingerprint density at radius 3 is 2.82 bits per heavy atom. The lowest BCUT2D eigenvalue weighted by atomic mass is 9.87. The van der Waals surface area contributed by atoms with Gasteiger partial charge in [-0.1, -0.05) is 5.21 Å². The molecule has 7 heteroatoms. The minimum Gasteiger partial charge on any atom is -0.479 e. The first-order valence-corrected chi connectivity index (χ1v) is 8.02. The molecule has 7 nitrogen and oxygen atoms in total. The molecule has 1 atom stereocenters. The number of aromatic nitrogens is 3. The van der Waals surface area contributed by atoms with Crippen LogP contribution in [0.15, 0.2) is 6.20 Å². The smallest absolute Gasteiger partial charge is 0.336 e. The van der Waals surface area contributed by atoms with Gasteiger partial charge >= 0.3 is 5.97 Å². The number of ether oxygens (including phenoxy) is 1. The molecule has 1 aromatic heterocycles. The monoisotopic (exact) mass is 309 g/mol. The van der Waals surface area contributed by atoms with E-state index in [0.717, 1.165) is 38.6 Å². The molecule has 0 spiro atoms. The second kappa shape index (κ2) is 6.34. The first-order chi connectivity index (χ1) is 10.6. The van der Waals surface area contributed by atoms with E-state index in [1.165, 1.54) is 0 Å². The van der Waals surface area contributed by atoms with E-state index in [4.69, 9.17) is 4.74 Å². The van der Waals surface area contributed by atoms with E-state index in [1.807, 2.05) is 6.20 Å². The van der Waals surface area contributed by atoms with Crippen molar-refractivity contribution in [3.63, 3.8) is 0 Å². The molecule has 1 aliphatic heterocycles. The quantitative estimate of drug-likeness (QED) is 0.842. The second-order valence-electron chi connectivity index (χ2n) is 6.53. The Morgan fingerprint density at radius 1 is 1.41 bits per heavy atom. The number of aliphatic carboxylic acids is 1. The van der Waals surface area contributed by atoms with Crippen LogP contribution in [0.4, 0.5) is 0 Å². The van der Waals surface area contributed by atoms with Crippen LogP contribution in [0.1, 0.15) is 44.2 Å². The van der Waals surface area contributed by atoms with Crippen LogP contribution < -0.4 is 0 Å². The highest BCUT2D eigenvalue weighted by Crippen LogP contribution is 2.30. The molecular formula is C15H23N3O4. The van der Waals surface area contributed by atoms with Crippen LogP contribution in [0.5, 0.6) is 0 Å². The second-order valence-corrected chi connectivity index (χ2v) is 6.53. The molecule has 0 aromatic carbocycles. The van der Waals surface area contributed by atoms with Gasteiger partial charge in [-0.3, -0.25) is 4.68 Å². The lowest BCUT2D eigenvalue weighted by molar-refractivity contribution is -0.160. The van der Waals surface area contributed by atoms with Crippen molar-refractivity contribution < 1.29 is 19.7 Å². The highest BCUT2D eigenvalue weighted by atomic mass is 16.5. The molecule has 1 aliphatic carbocycles. The predicted molar refractivity (Wildman–Crippen MR) is 77.2 cm³/mol. The zero-order valence-electron chi connectivity index (χ0n) is 12.6. The van der Waals surface area contributed by atoms with E-state index in [2.05, 4.69) is 10.3 Å². The van der Waals surface area contributed by atoms with Crippen molar-refractivity contribution in [2.24, 2.45) is 5.92 Å². The van der Waals surface area contributed by atoms with Crippen LogP contribution >= 0.6 is 0 Å². The van der Waals surface area contributed by atoms with Gasteiger partial charge in [-0.05, 0) is 44.4 Å². The maximum atomic E-state index is 11.5. The number of rotatable bonds is 5. The molecule has 1 unspecified atom stereocenters. The number of carbonyl (C=O) groups is 1. The summed E-state index contributed by atoms with van der Waals surface area (Å²) >= 11 is 0. The lowest BCUT2D eigenvalue weighted by Crippen LogP contribution is -2.40. The number of hydrogen-bond donors (Lipinski definition) is 2. The number of hydrogen-bond acceptors (Lipinski definition) is 5. The zero-order valence-corrected chi connectivity index (χ0v) is 12.6. The Balaban J connectivity index is 1.60. The van der Waals surface area contributed by atoms with Crippen LogP contribution in [-0.2, 0) is 22.5 Å². The number of carboxylic acids is 1. The Labute approximate surface area is 129 Å². The third kappa shape index (κ3) is 3.30. The average molecular weight is 309 g/mol. The van der Waals surface area contributed by atoms with Gasteiger partial charge in [0.05, 0.1) is 11.8 Å². The number of aliphatic hydroxyl groups is 1. The summed E-state index contributed by atoms with van der Waals surface area (Å²) < 4.78 is 7.27. The maximum Gasteiger partial charge on any atom is 0.336 e. The summed E-state index contributed by atoms with van der Waals surface area (Å²) in [6.07, 6.45) is 6.93. The highest BCUT2D eigenvalue weighted by molar-refractivity contribution is 5.78. The van der Waals surface area contributed by atoms with Crippen molar-refractivity contribution in [2.45, 2.75) is 63.2 Å². The number of carboxylic acid groups (broad SMARTS) is 1. The van der Waals surface area contributed by atoms with Crippen molar-refractivity contribution in [3.8, 4) is 0 Å². The van der Waals surface area contributed by atoms with E-state index in [1.54, 1.807) is 4.68 Å². The molecule has 0 radical (unpaired) electrons. The Bertz CT molecular complexity index is 517. The van der Waals surface area contributed by atoms with Gasteiger partial charge < -0.3 is 14.9 Å².